The van der Waals surface area contributed by atoms with E-state index in [4.69, 9.17) is 0 Å². The SMILES string of the molecule is c1ccc(N(c2ccccc2)c2cccc(-n3c4ccc(N(c5ccccc5)c5ccccc5)cc4c4c5sc6ccccc6c5ccc43)c2)cc1. The number of para-hydroxylation sites is 4. The Hall–Kier alpha value is -6.62. The number of fused-ring (bicyclic) bond motifs is 7. The zero-order chi connectivity index (χ0) is 34.4. The van der Waals surface area contributed by atoms with Crippen LogP contribution in [0.4, 0.5) is 34.1 Å². The van der Waals surface area contributed by atoms with Gasteiger partial charge in [0, 0.05) is 70.8 Å². The number of rotatable bonds is 7. The van der Waals surface area contributed by atoms with Gasteiger partial charge in [0.15, 0.2) is 0 Å². The second-order valence-electron chi connectivity index (χ2n) is 13.0. The molecule has 0 unspecified atom stereocenters. The Balaban J connectivity index is 1.24. The van der Waals surface area contributed by atoms with Gasteiger partial charge in [-0.3, -0.25) is 0 Å². The van der Waals surface area contributed by atoms with Gasteiger partial charge in [-0.25, -0.2) is 0 Å². The van der Waals surface area contributed by atoms with Crippen LogP contribution in [0.5, 0.6) is 0 Å². The van der Waals surface area contributed by atoms with Crippen LogP contribution in [0.3, 0.4) is 0 Å². The lowest BCUT2D eigenvalue weighted by Gasteiger charge is -2.26. The molecule has 2 heterocycles. The third kappa shape index (κ3) is 5.04. The van der Waals surface area contributed by atoms with E-state index >= 15 is 0 Å². The lowest BCUT2D eigenvalue weighted by molar-refractivity contribution is 1.17. The molecular weight excluding hydrogens is 651 g/mol. The summed E-state index contributed by atoms with van der Waals surface area (Å²) in [6.45, 7) is 0. The molecule has 10 rings (SSSR count). The van der Waals surface area contributed by atoms with Gasteiger partial charge in [-0.15, -0.1) is 11.3 Å². The first-order valence-electron chi connectivity index (χ1n) is 17.6. The molecule has 3 nitrogen and oxygen atoms in total. The smallest absolute Gasteiger partial charge is 0.0555 e. The van der Waals surface area contributed by atoms with Crippen molar-refractivity contribution in [3.05, 3.63) is 200 Å². The van der Waals surface area contributed by atoms with Crippen LogP contribution in [0.1, 0.15) is 0 Å². The number of nitrogens with zero attached hydrogens (tertiary/aromatic N) is 3. The van der Waals surface area contributed by atoms with Gasteiger partial charge in [-0.1, -0.05) is 103 Å². The van der Waals surface area contributed by atoms with Crippen molar-refractivity contribution in [3.63, 3.8) is 0 Å². The molecule has 0 aliphatic rings. The second kappa shape index (κ2) is 12.6. The minimum atomic E-state index is 1.10. The van der Waals surface area contributed by atoms with Gasteiger partial charge in [0.2, 0.25) is 0 Å². The Morgan fingerprint density at radius 1 is 0.346 bits per heavy atom. The predicted octanol–water partition coefficient (Wildman–Crippen LogP) is 14.1. The van der Waals surface area contributed by atoms with E-state index < -0.39 is 0 Å². The van der Waals surface area contributed by atoms with Crippen LogP contribution in [0, 0.1) is 0 Å². The zero-order valence-electron chi connectivity index (χ0n) is 28.3. The highest BCUT2D eigenvalue weighted by Crippen LogP contribution is 2.46. The molecular formula is C48H33N3S. The van der Waals surface area contributed by atoms with Crippen LogP contribution >= 0.6 is 11.3 Å². The molecule has 0 amide bonds. The Kier molecular flexibility index (Phi) is 7.33. The first-order valence-corrected chi connectivity index (χ1v) is 18.4. The second-order valence-corrected chi connectivity index (χ2v) is 14.1. The van der Waals surface area contributed by atoms with Crippen LogP contribution in [-0.4, -0.2) is 4.57 Å². The maximum absolute atomic E-state index is 2.45. The molecule has 0 aliphatic carbocycles. The molecule has 0 bridgehead atoms. The number of anilines is 6. The molecule has 8 aromatic carbocycles. The topological polar surface area (TPSA) is 11.4 Å². The fourth-order valence-electron chi connectivity index (χ4n) is 7.67. The number of hydrogen-bond acceptors (Lipinski definition) is 3. The van der Waals surface area contributed by atoms with E-state index in [0.717, 1.165) is 39.8 Å². The summed E-state index contributed by atoms with van der Waals surface area (Å²) >= 11 is 1.89. The summed E-state index contributed by atoms with van der Waals surface area (Å²) in [6.07, 6.45) is 0. The van der Waals surface area contributed by atoms with Crippen molar-refractivity contribution in [1.29, 1.82) is 0 Å². The molecule has 0 atom stereocenters. The van der Waals surface area contributed by atoms with Crippen LogP contribution in [0.25, 0.3) is 47.7 Å². The highest BCUT2D eigenvalue weighted by molar-refractivity contribution is 7.26. The quantitative estimate of drug-likeness (QED) is 0.166. The summed E-state index contributed by atoms with van der Waals surface area (Å²) in [5.41, 5.74) is 10.2. The van der Waals surface area contributed by atoms with Crippen molar-refractivity contribution >= 4 is 87.4 Å². The van der Waals surface area contributed by atoms with Crippen molar-refractivity contribution in [3.8, 4) is 5.69 Å². The van der Waals surface area contributed by atoms with Crippen LogP contribution < -0.4 is 9.80 Å². The summed E-state index contributed by atoms with van der Waals surface area (Å²) in [4.78, 5) is 4.68. The fourth-order valence-corrected chi connectivity index (χ4v) is 8.92. The molecule has 0 aliphatic heterocycles. The first-order chi connectivity index (χ1) is 25.8. The molecule has 0 N–H and O–H groups in total. The van der Waals surface area contributed by atoms with E-state index in [1.165, 1.54) is 42.0 Å². The minimum absolute atomic E-state index is 1.10. The summed E-state index contributed by atoms with van der Waals surface area (Å²) in [5, 5.41) is 5.12. The minimum Gasteiger partial charge on any atom is -0.310 e. The number of benzene rings is 8. The van der Waals surface area contributed by atoms with E-state index in [9.17, 15) is 0 Å². The number of thiophene rings is 1. The third-order valence-electron chi connectivity index (χ3n) is 9.92. The summed E-state index contributed by atoms with van der Waals surface area (Å²) in [6, 6.07) is 71.9. The average molecular weight is 684 g/mol. The Labute approximate surface area is 306 Å². The van der Waals surface area contributed by atoms with Crippen molar-refractivity contribution in [1.82, 2.24) is 4.57 Å². The monoisotopic (exact) mass is 683 g/mol. The molecule has 246 valence electrons. The summed E-state index contributed by atoms with van der Waals surface area (Å²) < 4.78 is 5.07. The van der Waals surface area contributed by atoms with Crippen LogP contribution in [0.2, 0.25) is 0 Å². The number of hydrogen-bond donors (Lipinski definition) is 0. The predicted molar refractivity (Wildman–Crippen MR) is 223 cm³/mol. The maximum atomic E-state index is 2.45. The Morgan fingerprint density at radius 3 is 1.44 bits per heavy atom. The van der Waals surface area contributed by atoms with Gasteiger partial charge in [-0.2, -0.15) is 0 Å². The molecule has 2 aromatic heterocycles. The van der Waals surface area contributed by atoms with Gasteiger partial charge in [-0.05, 0) is 97.1 Å². The molecule has 0 radical (unpaired) electrons. The maximum Gasteiger partial charge on any atom is 0.0555 e. The lowest BCUT2D eigenvalue weighted by Crippen LogP contribution is -2.10. The van der Waals surface area contributed by atoms with Gasteiger partial charge in [0.25, 0.3) is 0 Å². The molecule has 10 aromatic rings. The summed E-state index contributed by atoms with van der Waals surface area (Å²) in [7, 11) is 0. The number of aromatic nitrogens is 1. The van der Waals surface area contributed by atoms with Crippen molar-refractivity contribution in [2.75, 3.05) is 9.80 Å². The Bertz CT molecular complexity index is 2760. The standard InChI is InChI=1S/C48H33N3S/c1-5-16-34(17-6-1)49(35-18-7-2-8-19-35)38-24-15-25-39(32-38)51-44-30-28-40(50(36-20-9-3-10-21-36)37-22-11-4-12-23-37)33-43(44)47-45(51)31-29-42-41-26-13-14-27-46(41)52-48(42)47/h1-33H. The molecule has 0 saturated carbocycles. The van der Waals surface area contributed by atoms with E-state index in [1.807, 2.05) is 11.3 Å². The molecule has 52 heavy (non-hydrogen) atoms. The van der Waals surface area contributed by atoms with E-state index in [0.29, 0.717) is 0 Å². The fraction of sp³-hybridized carbons (Fsp3) is 0. The van der Waals surface area contributed by atoms with Gasteiger partial charge < -0.3 is 14.4 Å². The van der Waals surface area contributed by atoms with Crippen molar-refractivity contribution < 1.29 is 0 Å². The average Bonchev–Trinajstić information content (AvgIpc) is 3.76. The van der Waals surface area contributed by atoms with Gasteiger partial charge in [0.1, 0.15) is 0 Å². The Morgan fingerprint density at radius 2 is 0.846 bits per heavy atom. The largest absolute Gasteiger partial charge is 0.310 e. The zero-order valence-corrected chi connectivity index (χ0v) is 29.1. The highest BCUT2D eigenvalue weighted by atomic mass is 32.1. The lowest BCUT2D eigenvalue weighted by atomic mass is 10.1. The van der Waals surface area contributed by atoms with Crippen molar-refractivity contribution in [2.45, 2.75) is 0 Å². The van der Waals surface area contributed by atoms with E-state index in [2.05, 4.69) is 215 Å². The van der Waals surface area contributed by atoms with Crippen LogP contribution in [0.15, 0.2) is 200 Å². The molecule has 4 heteroatoms. The third-order valence-corrected chi connectivity index (χ3v) is 11.1. The van der Waals surface area contributed by atoms with Gasteiger partial charge >= 0.3 is 0 Å². The van der Waals surface area contributed by atoms with Gasteiger partial charge in [0.05, 0.1) is 11.0 Å². The molecule has 0 fully saturated rings. The molecule has 0 spiro atoms. The molecule has 0 saturated heterocycles. The normalized spacial score (nSPS) is 11.5. The van der Waals surface area contributed by atoms with Crippen LogP contribution in [-0.2, 0) is 0 Å². The van der Waals surface area contributed by atoms with E-state index in [-0.39, 0.29) is 0 Å². The summed E-state index contributed by atoms with van der Waals surface area (Å²) in [5.74, 6) is 0. The highest BCUT2D eigenvalue weighted by Gasteiger charge is 2.21. The first kappa shape index (κ1) is 30.2. The van der Waals surface area contributed by atoms with E-state index in [1.54, 1.807) is 0 Å². The van der Waals surface area contributed by atoms with Crippen molar-refractivity contribution in [2.24, 2.45) is 0 Å².